The molecule has 2 aromatic rings. The molecular formula is C17H24N2O. The summed E-state index contributed by atoms with van der Waals surface area (Å²) < 4.78 is 0. The SMILES string of the molecule is CCCC[C@H](CC)CNC(=O)c1c[nH]c2ccccc12. The molecule has 1 amide bonds. The van der Waals surface area contributed by atoms with Crippen LogP contribution in [0.3, 0.4) is 0 Å². The summed E-state index contributed by atoms with van der Waals surface area (Å²) in [6.07, 6.45) is 6.57. The highest BCUT2D eigenvalue weighted by molar-refractivity contribution is 6.06. The van der Waals surface area contributed by atoms with E-state index in [4.69, 9.17) is 0 Å². The van der Waals surface area contributed by atoms with Crippen molar-refractivity contribution >= 4 is 16.8 Å². The maximum absolute atomic E-state index is 12.3. The first-order chi connectivity index (χ1) is 9.76. The number of carbonyl (C=O) groups excluding carboxylic acids is 1. The number of carbonyl (C=O) groups is 1. The Morgan fingerprint density at radius 3 is 2.85 bits per heavy atom. The second kappa shape index (κ2) is 7.13. The summed E-state index contributed by atoms with van der Waals surface area (Å²) in [6, 6.07) is 7.90. The Balaban J connectivity index is 1.98. The molecule has 0 saturated heterocycles. The lowest BCUT2D eigenvalue weighted by Crippen LogP contribution is -2.29. The minimum atomic E-state index is 0.0254. The van der Waals surface area contributed by atoms with Gasteiger partial charge in [0.15, 0.2) is 0 Å². The second-order valence-corrected chi connectivity index (χ2v) is 5.37. The summed E-state index contributed by atoms with van der Waals surface area (Å²) in [5.41, 5.74) is 1.75. The van der Waals surface area contributed by atoms with E-state index >= 15 is 0 Å². The van der Waals surface area contributed by atoms with Crippen LogP contribution < -0.4 is 5.32 Å². The van der Waals surface area contributed by atoms with E-state index in [1.165, 1.54) is 19.3 Å². The molecule has 0 saturated carbocycles. The Kier molecular flexibility index (Phi) is 5.22. The van der Waals surface area contributed by atoms with E-state index in [1.807, 2.05) is 24.3 Å². The number of nitrogens with one attached hydrogen (secondary N) is 2. The number of rotatable bonds is 7. The highest BCUT2D eigenvalue weighted by atomic mass is 16.1. The van der Waals surface area contributed by atoms with Gasteiger partial charge in [0, 0.05) is 23.6 Å². The molecule has 3 heteroatoms. The van der Waals surface area contributed by atoms with E-state index in [0.29, 0.717) is 5.92 Å². The van der Waals surface area contributed by atoms with Crippen molar-refractivity contribution in [3.8, 4) is 0 Å². The number of para-hydroxylation sites is 1. The molecule has 0 aliphatic rings. The van der Waals surface area contributed by atoms with Crippen molar-refractivity contribution in [2.75, 3.05) is 6.54 Å². The van der Waals surface area contributed by atoms with Crippen LogP contribution in [0.5, 0.6) is 0 Å². The summed E-state index contributed by atoms with van der Waals surface area (Å²) in [5.74, 6) is 0.613. The van der Waals surface area contributed by atoms with Gasteiger partial charge < -0.3 is 10.3 Å². The fraction of sp³-hybridized carbons (Fsp3) is 0.471. The van der Waals surface area contributed by atoms with Gasteiger partial charge in [-0.15, -0.1) is 0 Å². The van der Waals surface area contributed by atoms with Crippen LogP contribution in [0, 0.1) is 5.92 Å². The number of aromatic amines is 1. The van der Waals surface area contributed by atoms with Crippen LogP contribution in [0.1, 0.15) is 49.9 Å². The molecule has 1 aromatic carbocycles. The summed E-state index contributed by atoms with van der Waals surface area (Å²) in [6.45, 7) is 5.17. The van der Waals surface area contributed by atoms with E-state index in [-0.39, 0.29) is 5.91 Å². The van der Waals surface area contributed by atoms with Crippen LogP contribution in [0.2, 0.25) is 0 Å². The average molecular weight is 272 g/mol. The summed E-state index contributed by atoms with van der Waals surface area (Å²) in [7, 11) is 0. The smallest absolute Gasteiger partial charge is 0.253 e. The van der Waals surface area contributed by atoms with Gasteiger partial charge in [-0.1, -0.05) is 51.3 Å². The van der Waals surface area contributed by atoms with E-state index in [2.05, 4.69) is 24.1 Å². The van der Waals surface area contributed by atoms with Gasteiger partial charge in [-0.3, -0.25) is 4.79 Å². The molecule has 0 unspecified atom stereocenters. The third-order valence-electron chi connectivity index (χ3n) is 3.93. The van der Waals surface area contributed by atoms with Crippen LogP contribution in [-0.2, 0) is 0 Å². The molecule has 0 bridgehead atoms. The number of aromatic nitrogens is 1. The van der Waals surface area contributed by atoms with Gasteiger partial charge >= 0.3 is 0 Å². The first-order valence-electron chi connectivity index (χ1n) is 7.60. The molecular weight excluding hydrogens is 248 g/mol. The lowest BCUT2D eigenvalue weighted by molar-refractivity contribution is 0.0947. The zero-order chi connectivity index (χ0) is 14.4. The molecule has 2 rings (SSSR count). The third kappa shape index (κ3) is 3.41. The maximum atomic E-state index is 12.3. The van der Waals surface area contributed by atoms with Crippen molar-refractivity contribution in [1.82, 2.24) is 10.3 Å². The number of fused-ring (bicyclic) bond motifs is 1. The molecule has 1 aromatic heterocycles. The number of hydrogen-bond acceptors (Lipinski definition) is 1. The molecule has 1 atom stereocenters. The Hall–Kier alpha value is -1.77. The molecule has 108 valence electrons. The van der Waals surface area contributed by atoms with Gasteiger partial charge in [-0.2, -0.15) is 0 Å². The fourth-order valence-corrected chi connectivity index (χ4v) is 2.53. The molecule has 2 N–H and O–H groups in total. The van der Waals surface area contributed by atoms with Crippen LogP contribution in [0.4, 0.5) is 0 Å². The summed E-state index contributed by atoms with van der Waals surface area (Å²) in [5, 5.41) is 4.07. The molecule has 1 heterocycles. The average Bonchev–Trinajstić information content (AvgIpc) is 2.91. The highest BCUT2D eigenvalue weighted by Gasteiger charge is 2.13. The molecule has 0 fully saturated rings. The number of hydrogen-bond donors (Lipinski definition) is 2. The number of benzene rings is 1. The van der Waals surface area contributed by atoms with Gasteiger partial charge in [-0.05, 0) is 18.4 Å². The Bertz CT molecular complexity index is 559. The quantitative estimate of drug-likeness (QED) is 0.782. The van der Waals surface area contributed by atoms with Gasteiger partial charge in [0.05, 0.1) is 5.56 Å². The van der Waals surface area contributed by atoms with Crippen molar-refractivity contribution in [2.45, 2.75) is 39.5 Å². The van der Waals surface area contributed by atoms with Crippen molar-refractivity contribution in [3.05, 3.63) is 36.0 Å². The molecule has 3 nitrogen and oxygen atoms in total. The predicted octanol–water partition coefficient (Wildman–Crippen LogP) is 4.11. The molecule has 0 aliphatic carbocycles. The van der Waals surface area contributed by atoms with Gasteiger partial charge in [0.2, 0.25) is 0 Å². The van der Waals surface area contributed by atoms with E-state index in [1.54, 1.807) is 6.20 Å². The number of H-pyrrole nitrogens is 1. The van der Waals surface area contributed by atoms with Crippen LogP contribution in [-0.4, -0.2) is 17.4 Å². The minimum Gasteiger partial charge on any atom is -0.360 e. The maximum Gasteiger partial charge on any atom is 0.253 e. The van der Waals surface area contributed by atoms with E-state index in [9.17, 15) is 4.79 Å². The molecule has 0 radical (unpaired) electrons. The monoisotopic (exact) mass is 272 g/mol. The second-order valence-electron chi connectivity index (χ2n) is 5.37. The first kappa shape index (κ1) is 14.6. The lowest BCUT2D eigenvalue weighted by Gasteiger charge is -2.15. The Labute approximate surface area is 120 Å². The van der Waals surface area contributed by atoms with Crippen LogP contribution in [0.25, 0.3) is 10.9 Å². The van der Waals surface area contributed by atoms with E-state index in [0.717, 1.165) is 29.4 Å². The minimum absolute atomic E-state index is 0.0254. The van der Waals surface area contributed by atoms with E-state index < -0.39 is 0 Å². The zero-order valence-corrected chi connectivity index (χ0v) is 12.4. The standard InChI is InChI=1S/C17H24N2O/c1-3-5-8-13(4-2)11-19-17(20)15-12-18-16-10-7-6-9-14(15)16/h6-7,9-10,12-13,18H,3-5,8,11H2,1-2H3,(H,19,20)/t13-/m0/s1. The summed E-state index contributed by atoms with van der Waals surface area (Å²) in [4.78, 5) is 15.4. The van der Waals surface area contributed by atoms with Gasteiger partial charge in [0.1, 0.15) is 0 Å². The zero-order valence-electron chi connectivity index (χ0n) is 12.4. The normalized spacial score (nSPS) is 12.5. The summed E-state index contributed by atoms with van der Waals surface area (Å²) >= 11 is 0. The highest BCUT2D eigenvalue weighted by Crippen LogP contribution is 2.18. The lowest BCUT2D eigenvalue weighted by atomic mass is 9.99. The number of unbranched alkanes of at least 4 members (excludes halogenated alkanes) is 1. The predicted molar refractivity (Wildman–Crippen MR) is 83.9 cm³/mol. The molecule has 0 aliphatic heterocycles. The van der Waals surface area contributed by atoms with Crippen molar-refractivity contribution in [2.24, 2.45) is 5.92 Å². The van der Waals surface area contributed by atoms with Crippen molar-refractivity contribution in [3.63, 3.8) is 0 Å². The van der Waals surface area contributed by atoms with Crippen molar-refractivity contribution < 1.29 is 4.79 Å². The van der Waals surface area contributed by atoms with Crippen molar-refractivity contribution in [1.29, 1.82) is 0 Å². The largest absolute Gasteiger partial charge is 0.360 e. The Morgan fingerprint density at radius 1 is 1.30 bits per heavy atom. The fourth-order valence-electron chi connectivity index (χ4n) is 2.53. The van der Waals surface area contributed by atoms with Crippen LogP contribution in [0.15, 0.2) is 30.5 Å². The molecule has 0 spiro atoms. The number of amides is 1. The van der Waals surface area contributed by atoms with Gasteiger partial charge in [-0.25, -0.2) is 0 Å². The Morgan fingerprint density at radius 2 is 2.10 bits per heavy atom. The van der Waals surface area contributed by atoms with Crippen LogP contribution >= 0.6 is 0 Å². The third-order valence-corrected chi connectivity index (χ3v) is 3.93. The topological polar surface area (TPSA) is 44.9 Å². The molecule has 20 heavy (non-hydrogen) atoms. The first-order valence-corrected chi connectivity index (χ1v) is 7.60. The van der Waals surface area contributed by atoms with Gasteiger partial charge in [0.25, 0.3) is 5.91 Å².